The highest BCUT2D eigenvalue weighted by atomic mass is 16.5. The highest BCUT2D eigenvalue weighted by molar-refractivity contribution is 5.46. The number of nitrogen functional groups attached to an aromatic ring is 1. The van der Waals surface area contributed by atoms with E-state index in [0.717, 1.165) is 18.1 Å². The van der Waals surface area contributed by atoms with Crippen LogP contribution in [0.15, 0.2) is 17.0 Å². The van der Waals surface area contributed by atoms with Crippen molar-refractivity contribution in [3.63, 3.8) is 0 Å². The van der Waals surface area contributed by atoms with Gasteiger partial charge in [-0.25, -0.2) is 15.8 Å². The van der Waals surface area contributed by atoms with E-state index in [1.165, 1.54) is 6.39 Å². The fourth-order valence-electron chi connectivity index (χ4n) is 1.42. The first kappa shape index (κ1) is 12.2. The van der Waals surface area contributed by atoms with Crippen LogP contribution in [0.3, 0.4) is 0 Å². The van der Waals surface area contributed by atoms with Gasteiger partial charge in [0.1, 0.15) is 17.5 Å². The summed E-state index contributed by atoms with van der Waals surface area (Å²) >= 11 is 0. The molecule has 0 atom stereocenters. The molecule has 0 spiro atoms. The summed E-state index contributed by atoms with van der Waals surface area (Å²) < 4.78 is 4.65. The summed E-state index contributed by atoms with van der Waals surface area (Å²) in [4.78, 5) is 12.5. The molecular weight excluding hydrogens is 234 g/mol. The monoisotopic (exact) mass is 249 g/mol. The van der Waals surface area contributed by atoms with Crippen LogP contribution in [-0.4, -0.2) is 26.7 Å². The molecule has 0 fully saturated rings. The summed E-state index contributed by atoms with van der Waals surface area (Å²) in [5.41, 5.74) is 2.52. The van der Waals surface area contributed by atoms with E-state index in [2.05, 4.69) is 35.4 Å². The van der Waals surface area contributed by atoms with Crippen LogP contribution in [-0.2, 0) is 12.8 Å². The number of aryl methyl sites for hydroxylation is 1. The number of nitrogens with zero attached hydrogens (tertiary/aromatic N) is 4. The van der Waals surface area contributed by atoms with Gasteiger partial charge in [0.25, 0.3) is 0 Å². The maximum Gasteiger partial charge on any atom is 0.213 e. The van der Waals surface area contributed by atoms with Gasteiger partial charge in [-0.3, -0.25) is 0 Å². The first-order valence-corrected chi connectivity index (χ1v) is 5.65. The number of hydrogen-bond donors (Lipinski definition) is 3. The summed E-state index contributed by atoms with van der Waals surface area (Å²) in [5.74, 6) is 8.04. The van der Waals surface area contributed by atoms with Crippen LogP contribution in [0.4, 0.5) is 11.6 Å². The Morgan fingerprint density at radius 3 is 2.78 bits per heavy atom. The molecule has 2 rings (SSSR count). The molecule has 0 amide bonds. The zero-order chi connectivity index (χ0) is 12.8. The molecule has 2 aromatic rings. The van der Waals surface area contributed by atoms with Crippen molar-refractivity contribution >= 4 is 11.6 Å². The molecule has 0 aromatic carbocycles. The van der Waals surface area contributed by atoms with Gasteiger partial charge in [-0.2, -0.15) is 4.98 Å². The van der Waals surface area contributed by atoms with Crippen molar-refractivity contribution in [2.45, 2.75) is 19.8 Å². The molecule has 0 aliphatic heterocycles. The first-order chi connectivity index (χ1) is 8.81. The quantitative estimate of drug-likeness (QED) is 0.496. The predicted molar refractivity (Wildman–Crippen MR) is 65.7 cm³/mol. The zero-order valence-electron chi connectivity index (χ0n) is 10.1. The lowest BCUT2D eigenvalue weighted by atomic mass is 10.4. The minimum atomic E-state index is 0.587. The number of nitrogens with two attached hydrogens (primary N) is 1. The van der Waals surface area contributed by atoms with Crippen molar-refractivity contribution in [1.82, 2.24) is 20.1 Å². The van der Waals surface area contributed by atoms with Crippen molar-refractivity contribution in [1.29, 1.82) is 0 Å². The van der Waals surface area contributed by atoms with Gasteiger partial charge < -0.3 is 15.3 Å². The normalized spacial score (nSPS) is 10.3. The van der Waals surface area contributed by atoms with Gasteiger partial charge in [0, 0.05) is 25.5 Å². The average molecular weight is 249 g/mol. The van der Waals surface area contributed by atoms with Crippen LogP contribution in [0.25, 0.3) is 0 Å². The third-order valence-electron chi connectivity index (χ3n) is 2.30. The second kappa shape index (κ2) is 5.92. The topological polar surface area (TPSA) is 115 Å². The molecule has 18 heavy (non-hydrogen) atoms. The summed E-state index contributed by atoms with van der Waals surface area (Å²) in [5, 5.41) is 6.89. The number of hydrazine groups is 1. The van der Waals surface area contributed by atoms with Gasteiger partial charge in [0.15, 0.2) is 5.82 Å². The average Bonchev–Trinajstić information content (AvgIpc) is 2.91. The van der Waals surface area contributed by atoms with Gasteiger partial charge in [0.05, 0.1) is 0 Å². The summed E-state index contributed by atoms with van der Waals surface area (Å²) in [6.45, 7) is 2.64. The minimum absolute atomic E-state index is 0.587. The fraction of sp³-hybridized carbons (Fsp3) is 0.400. The molecule has 0 saturated carbocycles. The number of aromatic nitrogens is 4. The highest BCUT2D eigenvalue weighted by Gasteiger charge is 2.03. The Kier molecular flexibility index (Phi) is 4.02. The molecule has 0 bridgehead atoms. The lowest BCUT2D eigenvalue weighted by molar-refractivity contribution is 0.410. The SMILES string of the molecule is CCc1nc(NN)cc(NCCc2ncon2)n1. The molecule has 0 aliphatic carbocycles. The van der Waals surface area contributed by atoms with Crippen LogP contribution >= 0.6 is 0 Å². The molecule has 96 valence electrons. The van der Waals surface area contributed by atoms with Crippen LogP contribution in [0.2, 0.25) is 0 Å². The van der Waals surface area contributed by atoms with Crippen LogP contribution in [0, 0.1) is 0 Å². The molecule has 2 heterocycles. The van der Waals surface area contributed by atoms with E-state index in [9.17, 15) is 0 Å². The van der Waals surface area contributed by atoms with Crippen molar-refractivity contribution in [3.8, 4) is 0 Å². The van der Waals surface area contributed by atoms with Crippen molar-refractivity contribution in [3.05, 3.63) is 24.1 Å². The molecule has 0 aliphatic rings. The summed E-state index contributed by atoms with van der Waals surface area (Å²) in [6, 6.07) is 1.75. The predicted octanol–water partition coefficient (Wildman–Crippen LogP) is 0.362. The molecule has 8 heteroatoms. The Labute approximate surface area is 104 Å². The lowest BCUT2D eigenvalue weighted by Crippen LogP contribution is -2.13. The highest BCUT2D eigenvalue weighted by Crippen LogP contribution is 2.10. The Morgan fingerprint density at radius 2 is 2.11 bits per heavy atom. The van der Waals surface area contributed by atoms with E-state index < -0.39 is 0 Å². The van der Waals surface area contributed by atoms with Crippen LogP contribution in [0.5, 0.6) is 0 Å². The lowest BCUT2D eigenvalue weighted by Gasteiger charge is -2.08. The molecular formula is C10H15N7O. The van der Waals surface area contributed by atoms with Crippen LogP contribution in [0.1, 0.15) is 18.6 Å². The molecule has 8 nitrogen and oxygen atoms in total. The Balaban J connectivity index is 1.95. The molecule has 0 saturated heterocycles. The second-order valence-corrected chi connectivity index (χ2v) is 3.58. The van der Waals surface area contributed by atoms with Crippen molar-refractivity contribution in [2.75, 3.05) is 17.3 Å². The zero-order valence-corrected chi connectivity index (χ0v) is 10.1. The van der Waals surface area contributed by atoms with E-state index in [1.54, 1.807) is 6.07 Å². The molecule has 2 aromatic heterocycles. The Hall–Kier alpha value is -2.22. The number of anilines is 2. The Bertz CT molecular complexity index is 463. The molecule has 0 radical (unpaired) electrons. The van der Waals surface area contributed by atoms with Gasteiger partial charge in [0.2, 0.25) is 6.39 Å². The maximum atomic E-state index is 5.35. The minimum Gasteiger partial charge on any atom is -0.369 e. The first-order valence-electron chi connectivity index (χ1n) is 5.65. The van der Waals surface area contributed by atoms with Crippen LogP contribution < -0.4 is 16.6 Å². The summed E-state index contributed by atoms with van der Waals surface area (Å²) in [7, 11) is 0. The Morgan fingerprint density at radius 1 is 1.28 bits per heavy atom. The number of nitrogens with one attached hydrogen (secondary N) is 2. The maximum absolute atomic E-state index is 5.35. The van der Waals surface area contributed by atoms with E-state index >= 15 is 0 Å². The largest absolute Gasteiger partial charge is 0.369 e. The fourth-order valence-corrected chi connectivity index (χ4v) is 1.42. The van der Waals surface area contributed by atoms with Gasteiger partial charge in [-0.05, 0) is 0 Å². The van der Waals surface area contributed by atoms with E-state index in [1.807, 2.05) is 6.92 Å². The van der Waals surface area contributed by atoms with Crippen molar-refractivity contribution < 1.29 is 4.52 Å². The number of rotatable bonds is 6. The summed E-state index contributed by atoms with van der Waals surface area (Å²) in [6.07, 6.45) is 2.72. The third kappa shape index (κ3) is 3.14. The van der Waals surface area contributed by atoms with E-state index in [0.29, 0.717) is 24.6 Å². The number of hydrogen-bond acceptors (Lipinski definition) is 8. The standard InChI is InChI=1S/C10H15N7O/c1-2-7-14-9(5-10(15-7)16-11)12-4-3-8-13-6-18-17-8/h5-6H,2-4,11H2,1H3,(H2,12,14,15,16). The smallest absolute Gasteiger partial charge is 0.213 e. The van der Waals surface area contributed by atoms with Gasteiger partial charge in [-0.15, -0.1) is 0 Å². The van der Waals surface area contributed by atoms with Gasteiger partial charge in [-0.1, -0.05) is 12.1 Å². The van der Waals surface area contributed by atoms with E-state index in [-0.39, 0.29) is 0 Å². The van der Waals surface area contributed by atoms with Crippen molar-refractivity contribution in [2.24, 2.45) is 5.84 Å². The van der Waals surface area contributed by atoms with Gasteiger partial charge >= 0.3 is 0 Å². The molecule has 0 unspecified atom stereocenters. The third-order valence-corrected chi connectivity index (χ3v) is 2.30. The second-order valence-electron chi connectivity index (χ2n) is 3.58. The molecule has 4 N–H and O–H groups in total. The van der Waals surface area contributed by atoms with E-state index in [4.69, 9.17) is 5.84 Å².